The van der Waals surface area contributed by atoms with Gasteiger partial charge in [-0.3, -0.25) is 0 Å². The van der Waals surface area contributed by atoms with Gasteiger partial charge in [0.2, 0.25) is 11.5 Å². The van der Waals surface area contributed by atoms with Gasteiger partial charge in [0.1, 0.15) is 23.7 Å². The number of benzene rings is 8. The molecule has 89 heavy (non-hydrogen) atoms. The van der Waals surface area contributed by atoms with Crippen molar-refractivity contribution in [3.05, 3.63) is 180 Å². The monoisotopic (exact) mass is 1250 g/mol. The molecular weight excluding hydrogens is 1150 g/mol. The molecule has 0 saturated heterocycles. The number of fused-ring (bicyclic) bond motifs is 6. The van der Waals surface area contributed by atoms with E-state index in [1.54, 1.807) is 6.07 Å². The second-order valence-electron chi connectivity index (χ2n) is 31.6. The Balaban J connectivity index is 1.08. The highest BCUT2D eigenvalue weighted by Gasteiger charge is 2.35. The summed E-state index contributed by atoms with van der Waals surface area (Å²) in [5, 5.41) is 34.2. The summed E-state index contributed by atoms with van der Waals surface area (Å²) in [7, 11) is 5.79. The van der Waals surface area contributed by atoms with Crippen LogP contribution in [0, 0.1) is 58.6 Å². The van der Waals surface area contributed by atoms with Gasteiger partial charge < -0.3 is 28.1 Å². The van der Waals surface area contributed by atoms with Crippen LogP contribution >= 0.6 is 11.6 Å². The first-order valence-electron chi connectivity index (χ1n) is 31.7. The van der Waals surface area contributed by atoms with E-state index in [0.29, 0.717) is 64.0 Å². The van der Waals surface area contributed by atoms with Gasteiger partial charge in [-0.2, -0.15) is 0 Å². The first kappa shape index (κ1) is 65.2. The quantitative estimate of drug-likeness (QED) is 0.0575. The lowest BCUT2D eigenvalue weighted by molar-refractivity contribution is -0.0169. The van der Waals surface area contributed by atoms with Gasteiger partial charge in [-0.05, 0) is 172 Å². The number of hydrogen-bond donors (Lipinski definition) is 2. The second-order valence-corrected chi connectivity index (χ2v) is 42.2. The molecule has 2 heterocycles. The van der Waals surface area contributed by atoms with Crippen LogP contribution in [0.15, 0.2) is 121 Å². The Hall–Kier alpha value is -6.79. The number of rotatable bonds is 16. The minimum absolute atomic E-state index is 0.00523. The molecule has 0 aliphatic heterocycles. The van der Waals surface area contributed by atoms with Crippen molar-refractivity contribution < 1.29 is 23.3 Å². The van der Waals surface area contributed by atoms with Crippen LogP contribution < -0.4 is 10.4 Å². The molecule has 6 nitrogen and oxygen atoms in total. The highest BCUT2D eigenvalue weighted by atomic mass is 35.5. The SMILES string of the molecule is [CH2-][O+](CCC[O+]([CH2-])c1c(C)cc(Cl)cc1-c1cc(C(C)(C)CC(C)(C)C)cc(-n2c3ccc(C)cc3c3cc([Si](C)(C)C)ccc32)c1O)c1c(C)cc(F)cc1-c1cc(C(C)(C)CC(C)(C)C)cc(-n2c3cc(C)ccc3c3ccc([Si](C)(C)C)cc32)c1O. The highest BCUT2D eigenvalue weighted by molar-refractivity contribution is 6.89. The molecule has 0 bridgehead atoms. The summed E-state index contributed by atoms with van der Waals surface area (Å²) in [5.74, 6) is 1.21. The van der Waals surface area contributed by atoms with Crippen molar-refractivity contribution in [1.29, 1.82) is 0 Å². The molecule has 0 fully saturated rings. The van der Waals surface area contributed by atoms with Crippen molar-refractivity contribution in [2.75, 3.05) is 13.2 Å². The van der Waals surface area contributed by atoms with E-state index in [1.165, 1.54) is 27.4 Å². The van der Waals surface area contributed by atoms with Gasteiger partial charge in [0.25, 0.3) is 0 Å². The molecule has 0 spiro atoms. The van der Waals surface area contributed by atoms with E-state index in [9.17, 15) is 10.2 Å². The maximum atomic E-state index is 16.4. The van der Waals surface area contributed by atoms with E-state index in [-0.39, 0.29) is 33.2 Å². The Morgan fingerprint density at radius 2 is 0.876 bits per heavy atom. The molecule has 0 radical (unpaired) electrons. The third-order valence-corrected chi connectivity index (χ3v) is 22.5. The lowest BCUT2D eigenvalue weighted by Crippen LogP contribution is -2.37. The summed E-state index contributed by atoms with van der Waals surface area (Å²) in [6.45, 7) is 46.0. The summed E-state index contributed by atoms with van der Waals surface area (Å²) in [5.41, 5.74) is 13.2. The summed E-state index contributed by atoms with van der Waals surface area (Å²) >= 11 is 7.11. The van der Waals surface area contributed by atoms with Crippen molar-refractivity contribution >= 4 is 81.7 Å². The van der Waals surface area contributed by atoms with Gasteiger partial charge in [0.05, 0.1) is 60.7 Å². The van der Waals surface area contributed by atoms with Crippen LogP contribution in [0.3, 0.4) is 0 Å². The maximum Gasteiger partial charge on any atom is 0.237 e. The largest absolute Gasteiger partial charge is 0.711 e. The predicted molar refractivity (Wildman–Crippen MR) is 386 cm³/mol. The number of phenols is 2. The molecule has 10 rings (SSSR count). The van der Waals surface area contributed by atoms with E-state index in [2.05, 4.69) is 252 Å². The predicted octanol–water partition coefficient (Wildman–Crippen LogP) is 22.4. The average Bonchev–Trinajstić information content (AvgIpc) is 1.73. The Morgan fingerprint density at radius 3 is 1.39 bits per heavy atom. The molecule has 8 aromatic carbocycles. The maximum absolute atomic E-state index is 16.4. The molecule has 2 aromatic heterocycles. The molecule has 468 valence electrons. The number of halogens is 2. The molecule has 0 unspecified atom stereocenters. The van der Waals surface area contributed by atoms with Crippen LogP contribution in [0.4, 0.5) is 4.39 Å². The van der Waals surface area contributed by atoms with E-state index in [1.807, 2.05) is 26.0 Å². The second kappa shape index (κ2) is 23.2. The van der Waals surface area contributed by atoms with Crippen molar-refractivity contribution in [3.63, 3.8) is 0 Å². The first-order valence-corrected chi connectivity index (χ1v) is 39.1. The van der Waals surface area contributed by atoms with Crippen LogP contribution in [0.25, 0.3) is 77.2 Å². The molecular formula is C79H96ClFN2O4Si2. The minimum atomic E-state index is -1.78. The Morgan fingerprint density at radius 1 is 0.461 bits per heavy atom. The Kier molecular flexibility index (Phi) is 17.0. The molecule has 2 N–H and O–H groups in total. The molecule has 0 atom stereocenters. The summed E-state index contributed by atoms with van der Waals surface area (Å²) < 4.78 is 27.1. The summed E-state index contributed by atoms with van der Waals surface area (Å²) in [4.78, 5) is 0. The number of aryl methyl sites for hydroxylation is 4. The van der Waals surface area contributed by atoms with Crippen LogP contribution in [0.5, 0.6) is 23.0 Å². The fourth-order valence-corrected chi connectivity index (χ4v) is 17.2. The van der Waals surface area contributed by atoms with Crippen LogP contribution in [-0.2, 0) is 19.6 Å². The van der Waals surface area contributed by atoms with Crippen molar-refractivity contribution in [2.45, 2.75) is 166 Å². The third-order valence-electron chi connectivity index (χ3n) is 18.2. The summed E-state index contributed by atoms with van der Waals surface area (Å²) in [6, 6.07) is 42.5. The minimum Gasteiger partial charge on any atom is -0.711 e. The zero-order valence-electron chi connectivity index (χ0n) is 56.9. The number of aromatic nitrogens is 2. The van der Waals surface area contributed by atoms with Gasteiger partial charge in [0.15, 0.2) is 13.2 Å². The lowest BCUT2D eigenvalue weighted by atomic mass is 9.71. The zero-order valence-corrected chi connectivity index (χ0v) is 59.6. The average molecular weight is 1250 g/mol. The van der Waals surface area contributed by atoms with Crippen molar-refractivity contribution in [3.8, 4) is 56.6 Å². The van der Waals surface area contributed by atoms with E-state index < -0.39 is 22.0 Å². The molecule has 0 aliphatic rings. The fraction of sp³-hybridized carbons (Fsp3) is 0.367. The van der Waals surface area contributed by atoms with E-state index in [4.69, 9.17) is 11.6 Å². The lowest BCUT2D eigenvalue weighted by Gasteiger charge is -2.35. The van der Waals surface area contributed by atoms with Gasteiger partial charge in [0, 0.05) is 48.8 Å². The number of aromatic hydroxyl groups is 2. The zero-order chi connectivity index (χ0) is 65.2. The van der Waals surface area contributed by atoms with Crippen molar-refractivity contribution in [2.24, 2.45) is 10.8 Å². The summed E-state index contributed by atoms with van der Waals surface area (Å²) in [6.07, 6.45) is 2.29. The van der Waals surface area contributed by atoms with Gasteiger partial charge in [-0.25, -0.2) is 4.39 Å². The van der Waals surface area contributed by atoms with E-state index in [0.717, 1.165) is 84.6 Å². The molecule has 0 amide bonds. The van der Waals surface area contributed by atoms with Crippen LogP contribution in [0.1, 0.15) is 122 Å². The van der Waals surface area contributed by atoms with Gasteiger partial charge in [-0.15, -0.1) is 0 Å². The Bertz CT molecular complexity index is 4420. The van der Waals surface area contributed by atoms with E-state index >= 15 is 4.39 Å². The molecule has 10 aromatic rings. The van der Waals surface area contributed by atoms with Crippen LogP contribution in [0.2, 0.25) is 44.3 Å². The van der Waals surface area contributed by atoms with Crippen molar-refractivity contribution in [1.82, 2.24) is 9.13 Å². The smallest absolute Gasteiger partial charge is 0.237 e. The Labute approximate surface area is 537 Å². The number of hydrogen-bond acceptors (Lipinski definition) is 2. The van der Waals surface area contributed by atoms with Gasteiger partial charge in [-0.1, -0.05) is 179 Å². The van der Waals surface area contributed by atoms with Gasteiger partial charge >= 0.3 is 0 Å². The standard InChI is InChI=1S/C79H96ClFN2O4Si2/c1-48-25-30-66-60(34-48)61-44-56(88(17,18)19)27-31-67(61)82(66)70-40-52(78(11,12)46-76(5,6)7)38-62(72(70)84)64-42-54(80)36-50(3)74(64)86(15)32-23-33-87(16)75-51(4)37-55(81)43-65(75)63-39-53(79(13,14)47-77(8,9)10)41-71(73(63)85)83-68-35-49(2)24-28-58(68)59-29-26-57(45-69(59)83)89(20,21)22/h24-31,34-45,84-85H,15-16,23,32-33,46-47H2,1-14,17-22H3. The normalized spacial score (nSPS) is 13.0. The number of nitrogens with zero attached hydrogens (tertiary/aromatic N) is 2. The number of phenolic OH excluding ortho intramolecular Hbond substituents is 2. The third kappa shape index (κ3) is 12.8. The highest BCUT2D eigenvalue weighted by Crippen LogP contribution is 2.52. The molecule has 10 heteroatoms. The molecule has 0 aliphatic carbocycles. The topological polar surface area (TPSA) is 55.7 Å². The fourth-order valence-electron chi connectivity index (χ4n) is 14.6. The first-order chi connectivity index (χ1) is 41.2. The van der Waals surface area contributed by atoms with Crippen LogP contribution in [-0.4, -0.2) is 48.7 Å². The molecule has 0 saturated carbocycles.